The Hall–Kier alpha value is -0.510. The quantitative estimate of drug-likeness (QED) is 0.750. The van der Waals surface area contributed by atoms with E-state index in [1.54, 1.807) is 0 Å². The van der Waals surface area contributed by atoms with Crippen LogP contribution in [0.2, 0.25) is 0 Å². The molecule has 1 fully saturated rings. The number of hydrogen-bond donors (Lipinski definition) is 2. The largest absolute Gasteiger partial charge is 0.480 e. The van der Waals surface area contributed by atoms with Gasteiger partial charge in [-0.2, -0.15) is 12.6 Å². The molecule has 0 bridgehead atoms. The van der Waals surface area contributed by atoms with Crippen LogP contribution in [0, 0.1) is 17.3 Å². The van der Waals surface area contributed by atoms with Crippen LogP contribution >= 0.6 is 12.6 Å². The maximum absolute atomic E-state index is 12.0. The van der Waals surface area contributed by atoms with Crippen molar-refractivity contribution in [3.05, 3.63) is 0 Å². The van der Waals surface area contributed by atoms with Crippen LogP contribution in [0.4, 0.5) is 0 Å². The number of ketones is 1. The van der Waals surface area contributed by atoms with Crippen LogP contribution in [0.15, 0.2) is 0 Å². The van der Waals surface area contributed by atoms with Gasteiger partial charge in [0.2, 0.25) is 0 Å². The van der Waals surface area contributed by atoms with E-state index in [0.29, 0.717) is 12.3 Å². The number of carboxylic acid groups (broad SMARTS) is 1. The number of hydrogen-bond acceptors (Lipinski definition) is 3. The van der Waals surface area contributed by atoms with Crippen LogP contribution in [0.25, 0.3) is 0 Å². The molecule has 0 saturated heterocycles. The number of carboxylic acids is 1. The molecule has 0 heterocycles. The van der Waals surface area contributed by atoms with Crippen LogP contribution in [0.5, 0.6) is 0 Å². The summed E-state index contributed by atoms with van der Waals surface area (Å²) in [6.45, 7) is 5.73. The highest BCUT2D eigenvalue weighted by Gasteiger charge is 2.44. The van der Waals surface area contributed by atoms with Crippen molar-refractivity contribution in [1.29, 1.82) is 0 Å². The summed E-state index contributed by atoms with van der Waals surface area (Å²) in [4.78, 5) is 22.9. The molecule has 0 aromatic heterocycles. The summed E-state index contributed by atoms with van der Waals surface area (Å²) in [5.41, 5.74) is -0.577. The third-order valence-corrected chi connectivity index (χ3v) is 4.61. The minimum atomic E-state index is -0.945. The first-order valence-corrected chi connectivity index (χ1v) is 6.22. The fourth-order valence-corrected chi connectivity index (χ4v) is 2.68. The first-order valence-electron chi connectivity index (χ1n) is 5.70. The summed E-state index contributed by atoms with van der Waals surface area (Å²) in [5, 5.41) is 8.22. The van der Waals surface area contributed by atoms with Crippen LogP contribution in [0.1, 0.15) is 40.0 Å². The number of rotatable bonds is 3. The lowest BCUT2D eigenvalue weighted by atomic mass is 9.66. The predicted octanol–water partition coefficient (Wildman–Crippen LogP) is 2.40. The van der Waals surface area contributed by atoms with E-state index in [-0.39, 0.29) is 11.7 Å². The van der Waals surface area contributed by atoms with E-state index in [9.17, 15) is 9.59 Å². The Morgan fingerprint density at radius 1 is 1.50 bits per heavy atom. The van der Waals surface area contributed by atoms with Crippen molar-refractivity contribution in [3.63, 3.8) is 0 Å². The minimum absolute atomic E-state index is 0.165. The Balaban J connectivity index is 2.83. The van der Waals surface area contributed by atoms with E-state index in [1.165, 1.54) is 0 Å². The first kappa shape index (κ1) is 13.6. The molecule has 0 spiro atoms. The molecule has 0 aliphatic heterocycles. The molecule has 1 aliphatic carbocycles. The molecule has 1 aliphatic rings. The van der Waals surface area contributed by atoms with Crippen LogP contribution in [-0.2, 0) is 9.59 Å². The third kappa shape index (κ3) is 2.59. The summed E-state index contributed by atoms with van der Waals surface area (Å²) in [5.74, 6) is -0.478. The zero-order valence-corrected chi connectivity index (χ0v) is 11.0. The zero-order chi connectivity index (χ0) is 12.5. The van der Waals surface area contributed by atoms with Gasteiger partial charge in [-0.25, -0.2) is 0 Å². The summed E-state index contributed by atoms with van der Waals surface area (Å²) < 4.78 is 0. The van der Waals surface area contributed by atoms with Crippen LogP contribution in [0.3, 0.4) is 0 Å². The Morgan fingerprint density at radius 3 is 2.50 bits per heavy atom. The molecule has 0 aromatic carbocycles. The molecule has 3 nitrogen and oxygen atoms in total. The smallest absolute Gasteiger partial charge is 0.316 e. The molecule has 16 heavy (non-hydrogen) atoms. The molecule has 3 unspecified atom stereocenters. The highest BCUT2D eigenvalue weighted by molar-refractivity contribution is 7.81. The lowest BCUT2D eigenvalue weighted by molar-refractivity contribution is -0.141. The third-order valence-electron chi connectivity index (χ3n) is 3.72. The van der Waals surface area contributed by atoms with Crippen molar-refractivity contribution >= 4 is 24.4 Å². The van der Waals surface area contributed by atoms with Crippen molar-refractivity contribution in [2.24, 2.45) is 17.3 Å². The second kappa shape index (κ2) is 4.78. The van der Waals surface area contributed by atoms with Gasteiger partial charge in [-0.05, 0) is 24.2 Å². The molecule has 1 rings (SSSR count). The first-order chi connectivity index (χ1) is 7.26. The maximum Gasteiger partial charge on any atom is 0.316 e. The lowest BCUT2D eigenvalue weighted by Crippen LogP contribution is -2.44. The lowest BCUT2D eigenvalue weighted by Gasteiger charge is -2.39. The molecule has 92 valence electrons. The molecule has 1 N–H and O–H groups in total. The maximum atomic E-state index is 12.0. The monoisotopic (exact) mass is 244 g/mol. The fourth-order valence-electron chi connectivity index (χ4n) is 2.50. The van der Waals surface area contributed by atoms with Gasteiger partial charge in [0.25, 0.3) is 0 Å². The van der Waals surface area contributed by atoms with E-state index in [0.717, 1.165) is 12.8 Å². The highest BCUT2D eigenvalue weighted by Crippen LogP contribution is 2.42. The molecule has 0 amide bonds. The van der Waals surface area contributed by atoms with E-state index < -0.39 is 16.6 Å². The summed E-state index contributed by atoms with van der Waals surface area (Å²) in [7, 11) is 0. The highest BCUT2D eigenvalue weighted by atomic mass is 32.1. The van der Waals surface area contributed by atoms with Gasteiger partial charge in [-0.3, -0.25) is 9.59 Å². The molecular weight excluding hydrogens is 224 g/mol. The van der Waals surface area contributed by atoms with Gasteiger partial charge in [-0.15, -0.1) is 0 Å². The van der Waals surface area contributed by atoms with Crippen LogP contribution < -0.4 is 0 Å². The van der Waals surface area contributed by atoms with E-state index in [1.807, 2.05) is 13.8 Å². The van der Waals surface area contributed by atoms with Crippen molar-refractivity contribution in [2.75, 3.05) is 0 Å². The second-order valence-electron chi connectivity index (χ2n) is 5.47. The zero-order valence-electron chi connectivity index (χ0n) is 10.1. The van der Waals surface area contributed by atoms with Gasteiger partial charge in [-0.1, -0.05) is 20.8 Å². The van der Waals surface area contributed by atoms with Crippen molar-refractivity contribution in [2.45, 2.75) is 45.3 Å². The fraction of sp³-hybridized carbons (Fsp3) is 0.833. The number of Topliss-reactive ketones (excluding diaryl/α,β-unsaturated/α-hetero) is 1. The van der Waals surface area contributed by atoms with E-state index >= 15 is 0 Å². The molecule has 0 aromatic rings. The second-order valence-corrected chi connectivity index (χ2v) is 5.98. The Morgan fingerprint density at radius 2 is 2.06 bits per heavy atom. The van der Waals surface area contributed by atoms with Gasteiger partial charge < -0.3 is 5.11 Å². The SMILES string of the molecule is CC1CCC(C(C)(C)C(S)C(=O)O)C(=O)C1. The minimum Gasteiger partial charge on any atom is -0.480 e. The van der Waals surface area contributed by atoms with Gasteiger partial charge in [0.15, 0.2) is 0 Å². The Kier molecular flexibility index (Phi) is 4.05. The number of thiol groups is 1. The predicted molar refractivity (Wildman–Crippen MR) is 65.7 cm³/mol. The van der Waals surface area contributed by atoms with Crippen molar-refractivity contribution < 1.29 is 14.7 Å². The molecule has 4 heteroatoms. The Bertz CT molecular complexity index is 299. The number of carbonyl (C=O) groups is 2. The van der Waals surface area contributed by atoms with Gasteiger partial charge >= 0.3 is 5.97 Å². The number of aliphatic carboxylic acids is 1. The van der Waals surface area contributed by atoms with E-state index in [2.05, 4.69) is 19.6 Å². The number of carbonyl (C=O) groups excluding carboxylic acids is 1. The topological polar surface area (TPSA) is 54.4 Å². The van der Waals surface area contributed by atoms with Gasteiger partial charge in [0.05, 0.1) is 0 Å². The molecule has 3 atom stereocenters. The van der Waals surface area contributed by atoms with Gasteiger partial charge in [0.1, 0.15) is 11.0 Å². The standard InChI is InChI=1S/C12H20O3S/c1-7-4-5-8(9(13)6-7)12(2,3)10(16)11(14)15/h7-8,10,16H,4-6H2,1-3H3,(H,14,15). The summed E-state index contributed by atoms with van der Waals surface area (Å²) >= 11 is 4.13. The van der Waals surface area contributed by atoms with E-state index in [4.69, 9.17) is 5.11 Å². The average molecular weight is 244 g/mol. The van der Waals surface area contributed by atoms with Crippen LogP contribution in [-0.4, -0.2) is 22.1 Å². The average Bonchev–Trinajstić information content (AvgIpc) is 2.15. The van der Waals surface area contributed by atoms with Crippen molar-refractivity contribution in [3.8, 4) is 0 Å². The molecule has 0 radical (unpaired) electrons. The molecule has 1 saturated carbocycles. The van der Waals surface area contributed by atoms with Crippen molar-refractivity contribution in [1.82, 2.24) is 0 Å². The van der Waals surface area contributed by atoms with Gasteiger partial charge in [0, 0.05) is 12.3 Å². The normalized spacial score (nSPS) is 28.9. The summed E-state index contributed by atoms with van der Waals surface area (Å²) in [6, 6.07) is 0. The molecular formula is C12H20O3S. The summed E-state index contributed by atoms with van der Waals surface area (Å²) in [6.07, 6.45) is 2.37. The Labute approximate surface area is 102 Å².